The van der Waals surface area contributed by atoms with E-state index >= 15 is 0 Å². The Labute approximate surface area is 90.3 Å². The van der Waals surface area contributed by atoms with Gasteiger partial charge in [0, 0.05) is 24.2 Å². The van der Waals surface area contributed by atoms with E-state index in [1.165, 1.54) is 5.56 Å². The number of hydrogen-bond donors (Lipinski definition) is 1. The average molecular weight is 210 g/mol. The van der Waals surface area contributed by atoms with E-state index in [0.29, 0.717) is 11.8 Å². The Morgan fingerprint density at radius 2 is 2.00 bits per heavy atom. The minimum Gasteiger partial charge on any atom is -0.329 e. The van der Waals surface area contributed by atoms with E-state index < -0.39 is 0 Å². The van der Waals surface area contributed by atoms with E-state index in [1.807, 2.05) is 36.3 Å². The van der Waals surface area contributed by atoms with Gasteiger partial charge in [-0.2, -0.15) is 11.8 Å². The molecule has 1 aromatic heterocycles. The Balaban J connectivity index is 2.54. The summed E-state index contributed by atoms with van der Waals surface area (Å²) >= 11 is 1.93. The van der Waals surface area contributed by atoms with Crippen LogP contribution in [0, 0.1) is 5.92 Å². The van der Waals surface area contributed by atoms with Crippen molar-refractivity contribution >= 4 is 11.8 Å². The first-order chi connectivity index (χ1) is 6.74. The number of nitrogens with two attached hydrogens (primary N) is 1. The Hall–Kier alpha value is -0.540. The molecule has 1 atom stereocenters. The highest BCUT2D eigenvalue weighted by atomic mass is 32.2. The third kappa shape index (κ3) is 3.68. The molecule has 1 rings (SSSR count). The van der Waals surface area contributed by atoms with Crippen LogP contribution in [0.4, 0.5) is 0 Å². The van der Waals surface area contributed by atoms with E-state index in [1.54, 1.807) is 0 Å². The van der Waals surface area contributed by atoms with Crippen LogP contribution in [0.2, 0.25) is 0 Å². The van der Waals surface area contributed by atoms with E-state index in [9.17, 15) is 0 Å². The molecule has 0 amide bonds. The molecular formula is C11H18N2S. The number of hydrogen-bond acceptors (Lipinski definition) is 3. The van der Waals surface area contributed by atoms with Crippen LogP contribution >= 0.6 is 11.8 Å². The fourth-order valence-electron chi connectivity index (χ4n) is 1.19. The van der Waals surface area contributed by atoms with Crippen molar-refractivity contribution in [3.63, 3.8) is 0 Å². The Bertz CT molecular complexity index is 249. The lowest BCUT2D eigenvalue weighted by Crippen LogP contribution is -2.11. The molecule has 0 saturated heterocycles. The topological polar surface area (TPSA) is 38.9 Å². The maximum atomic E-state index is 5.75. The molecule has 1 heterocycles. The first-order valence-electron chi connectivity index (χ1n) is 4.95. The Morgan fingerprint density at radius 1 is 1.36 bits per heavy atom. The second-order valence-electron chi connectivity index (χ2n) is 3.73. The highest BCUT2D eigenvalue weighted by Crippen LogP contribution is 2.28. The van der Waals surface area contributed by atoms with E-state index in [4.69, 9.17) is 5.73 Å². The lowest BCUT2D eigenvalue weighted by molar-refractivity contribution is 0.746. The van der Waals surface area contributed by atoms with Gasteiger partial charge in [-0.15, -0.1) is 0 Å². The third-order valence-electron chi connectivity index (χ3n) is 1.92. The second-order valence-corrected chi connectivity index (χ2v) is 4.97. The molecule has 1 aromatic rings. The van der Waals surface area contributed by atoms with Crippen molar-refractivity contribution in [1.82, 2.24) is 4.98 Å². The van der Waals surface area contributed by atoms with Gasteiger partial charge in [0.2, 0.25) is 0 Å². The maximum absolute atomic E-state index is 5.75. The molecule has 2 N–H and O–H groups in total. The number of pyridine rings is 1. The Kier molecular flexibility index (Phi) is 4.98. The lowest BCUT2D eigenvalue weighted by Gasteiger charge is -2.15. The molecule has 2 nitrogen and oxygen atoms in total. The largest absolute Gasteiger partial charge is 0.329 e. The van der Waals surface area contributed by atoms with Crippen LogP contribution in [-0.4, -0.2) is 17.3 Å². The molecule has 14 heavy (non-hydrogen) atoms. The summed E-state index contributed by atoms with van der Waals surface area (Å²) in [6.07, 6.45) is 3.65. The molecule has 0 spiro atoms. The van der Waals surface area contributed by atoms with Crippen molar-refractivity contribution in [1.29, 1.82) is 0 Å². The van der Waals surface area contributed by atoms with Crippen molar-refractivity contribution in [2.24, 2.45) is 11.7 Å². The highest BCUT2D eigenvalue weighted by Gasteiger charge is 2.10. The monoisotopic (exact) mass is 210 g/mol. The summed E-state index contributed by atoms with van der Waals surface area (Å²) in [5.74, 6) is 1.88. The zero-order chi connectivity index (χ0) is 10.4. The standard InChI is InChI=1S/C11H18N2S/c1-9(2)8-14-11(7-12)10-3-5-13-6-4-10/h3-6,9,11H,7-8,12H2,1-2H3. The van der Waals surface area contributed by atoms with Gasteiger partial charge in [0.15, 0.2) is 0 Å². The molecule has 0 aliphatic carbocycles. The number of rotatable bonds is 5. The van der Waals surface area contributed by atoms with Gasteiger partial charge in [-0.3, -0.25) is 4.98 Å². The summed E-state index contributed by atoms with van der Waals surface area (Å²) in [4.78, 5) is 4.01. The van der Waals surface area contributed by atoms with Crippen LogP contribution in [0.1, 0.15) is 24.7 Å². The predicted molar refractivity (Wildman–Crippen MR) is 63.3 cm³/mol. The van der Waals surface area contributed by atoms with E-state index in [2.05, 4.69) is 18.8 Å². The molecule has 78 valence electrons. The van der Waals surface area contributed by atoms with Crippen molar-refractivity contribution in [2.45, 2.75) is 19.1 Å². The maximum Gasteiger partial charge on any atom is 0.0420 e. The zero-order valence-corrected chi connectivity index (χ0v) is 9.63. The first-order valence-corrected chi connectivity index (χ1v) is 6.00. The van der Waals surface area contributed by atoms with Crippen LogP contribution in [0.5, 0.6) is 0 Å². The zero-order valence-electron chi connectivity index (χ0n) is 8.81. The second kappa shape index (κ2) is 6.04. The first kappa shape index (κ1) is 11.5. The molecule has 1 unspecified atom stereocenters. The molecule has 0 aliphatic heterocycles. The molecule has 0 fully saturated rings. The van der Waals surface area contributed by atoms with Gasteiger partial charge in [-0.1, -0.05) is 13.8 Å². The van der Waals surface area contributed by atoms with Gasteiger partial charge < -0.3 is 5.73 Å². The fraction of sp³-hybridized carbons (Fsp3) is 0.545. The van der Waals surface area contributed by atoms with Crippen molar-refractivity contribution in [3.8, 4) is 0 Å². The van der Waals surface area contributed by atoms with Gasteiger partial charge in [0.25, 0.3) is 0 Å². The summed E-state index contributed by atoms with van der Waals surface area (Å²) < 4.78 is 0. The van der Waals surface area contributed by atoms with Gasteiger partial charge in [-0.05, 0) is 29.4 Å². The average Bonchev–Trinajstić information content (AvgIpc) is 2.20. The number of aromatic nitrogens is 1. The van der Waals surface area contributed by atoms with Gasteiger partial charge >= 0.3 is 0 Å². The molecular weight excluding hydrogens is 192 g/mol. The molecule has 0 saturated carbocycles. The van der Waals surface area contributed by atoms with Crippen LogP contribution in [0.3, 0.4) is 0 Å². The molecule has 0 aromatic carbocycles. The molecule has 0 aliphatic rings. The molecule has 0 radical (unpaired) electrons. The smallest absolute Gasteiger partial charge is 0.0420 e. The van der Waals surface area contributed by atoms with Crippen LogP contribution in [0.15, 0.2) is 24.5 Å². The summed E-state index contributed by atoms with van der Waals surface area (Å²) in [7, 11) is 0. The van der Waals surface area contributed by atoms with Crippen molar-refractivity contribution in [2.75, 3.05) is 12.3 Å². The summed E-state index contributed by atoms with van der Waals surface area (Å²) in [5, 5.41) is 0.417. The Morgan fingerprint density at radius 3 is 2.50 bits per heavy atom. The quantitative estimate of drug-likeness (QED) is 0.811. The number of nitrogens with zero attached hydrogens (tertiary/aromatic N) is 1. The van der Waals surface area contributed by atoms with Gasteiger partial charge in [0.1, 0.15) is 0 Å². The minimum absolute atomic E-state index is 0.417. The normalized spacial score (nSPS) is 13.1. The number of thioether (sulfide) groups is 1. The van der Waals surface area contributed by atoms with Gasteiger partial charge in [-0.25, -0.2) is 0 Å². The van der Waals surface area contributed by atoms with Crippen LogP contribution in [-0.2, 0) is 0 Å². The summed E-state index contributed by atoms with van der Waals surface area (Å²) in [6.45, 7) is 5.15. The van der Waals surface area contributed by atoms with Crippen LogP contribution in [0.25, 0.3) is 0 Å². The highest BCUT2D eigenvalue weighted by molar-refractivity contribution is 7.99. The summed E-state index contributed by atoms with van der Waals surface area (Å²) in [6, 6.07) is 4.09. The van der Waals surface area contributed by atoms with Crippen LogP contribution < -0.4 is 5.73 Å². The van der Waals surface area contributed by atoms with Crippen molar-refractivity contribution in [3.05, 3.63) is 30.1 Å². The molecule has 3 heteroatoms. The fourth-order valence-corrected chi connectivity index (χ4v) is 2.29. The van der Waals surface area contributed by atoms with E-state index in [0.717, 1.165) is 11.7 Å². The SMILES string of the molecule is CC(C)CSC(CN)c1ccncc1. The van der Waals surface area contributed by atoms with E-state index in [-0.39, 0.29) is 0 Å². The lowest BCUT2D eigenvalue weighted by atomic mass is 10.2. The molecule has 0 bridgehead atoms. The summed E-state index contributed by atoms with van der Waals surface area (Å²) in [5.41, 5.74) is 7.04. The van der Waals surface area contributed by atoms with Crippen molar-refractivity contribution < 1.29 is 0 Å². The predicted octanol–water partition coefficient (Wildman–Crippen LogP) is 2.47. The third-order valence-corrected chi connectivity index (χ3v) is 3.65. The minimum atomic E-state index is 0.417. The van der Waals surface area contributed by atoms with Gasteiger partial charge in [0.05, 0.1) is 0 Å².